The second kappa shape index (κ2) is 6.42. The first-order chi connectivity index (χ1) is 6.51. The third-order valence-corrected chi connectivity index (χ3v) is 2.43. The minimum Gasteiger partial charge on any atom is -0.353 e. The van der Waals surface area contributed by atoms with Crippen LogP contribution < -0.4 is 5.32 Å². The van der Waals surface area contributed by atoms with Gasteiger partial charge in [-0.25, -0.2) is 0 Å². The van der Waals surface area contributed by atoms with Crippen LogP contribution in [0.1, 0.15) is 40.5 Å². The number of carbonyl (C=O) groups is 1. The Morgan fingerprint density at radius 3 is 2.43 bits per heavy atom. The fraction of sp³-hybridized carbons (Fsp3) is 0.818. The summed E-state index contributed by atoms with van der Waals surface area (Å²) in [5.41, 5.74) is 0. The number of nitriles is 1. The largest absolute Gasteiger partial charge is 0.353 e. The quantitative estimate of drug-likeness (QED) is 0.732. The number of carbonyl (C=O) groups excluding carboxylic acids is 1. The smallest absolute Gasteiger partial charge is 0.237 e. The fourth-order valence-electron chi connectivity index (χ4n) is 1.26. The molecule has 0 radical (unpaired) electrons. The van der Waals surface area contributed by atoms with E-state index in [2.05, 4.69) is 19.2 Å². The highest BCUT2D eigenvalue weighted by atomic mass is 16.1. The topological polar surface area (TPSA) is 52.9 Å². The normalized spacial score (nSPS) is 16.5. The van der Waals surface area contributed by atoms with Crippen LogP contribution in [0, 0.1) is 23.2 Å². The predicted molar refractivity (Wildman–Crippen MR) is 56.5 cm³/mol. The molecule has 0 bridgehead atoms. The van der Waals surface area contributed by atoms with E-state index in [1.165, 1.54) is 0 Å². The van der Waals surface area contributed by atoms with Gasteiger partial charge in [-0.15, -0.1) is 0 Å². The first-order valence-electron chi connectivity index (χ1n) is 5.21. The van der Waals surface area contributed by atoms with Gasteiger partial charge >= 0.3 is 0 Å². The van der Waals surface area contributed by atoms with Crippen LogP contribution in [0.5, 0.6) is 0 Å². The zero-order valence-electron chi connectivity index (χ0n) is 9.50. The van der Waals surface area contributed by atoms with E-state index in [0.29, 0.717) is 5.92 Å². The molecule has 0 saturated heterocycles. The summed E-state index contributed by atoms with van der Waals surface area (Å²) in [5.74, 6) is -0.0969. The van der Waals surface area contributed by atoms with Gasteiger partial charge in [0.1, 0.15) is 5.92 Å². The maximum atomic E-state index is 11.3. The zero-order chi connectivity index (χ0) is 11.1. The van der Waals surface area contributed by atoms with Crippen LogP contribution in [-0.4, -0.2) is 11.9 Å². The number of hydrogen-bond acceptors (Lipinski definition) is 2. The van der Waals surface area contributed by atoms with Crippen LogP contribution in [-0.2, 0) is 4.79 Å². The van der Waals surface area contributed by atoms with E-state index in [0.717, 1.165) is 12.8 Å². The van der Waals surface area contributed by atoms with E-state index in [9.17, 15) is 4.79 Å². The molecule has 0 aromatic heterocycles. The first kappa shape index (κ1) is 13.0. The van der Waals surface area contributed by atoms with Gasteiger partial charge in [0, 0.05) is 6.04 Å². The van der Waals surface area contributed by atoms with Crippen molar-refractivity contribution in [2.45, 2.75) is 46.6 Å². The molecule has 0 fully saturated rings. The van der Waals surface area contributed by atoms with E-state index in [-0.39, 0.29) is 11.9 Å². The van der Waals surface area contributed by atoms with E-state index < -0.39 is 5.92 Å². The molecule has 14 heavy (non-hydrogen) atoms. The summed E-state index contributed by atoms with van der Waals surface area (Å²) in [6, 6.07) is 2.09. The fourth-order valence-corrected chi connectivity index (χ4v) is 1.26. The van der Waals surface area contributed by atoms with Gasteiger partial charge in [0.05, 0.1) is 6.07 Å². The Morgan fingerprint density at radius 2 is 2.00 bits per heavy atom. The molecule has 3 unspecified atom stereocenters. The van der Waals surface area contributed by atoms with Crippen LogP contribution >= 0.6 is 0 Å². The molecule has 0 aromatic rings. The van der Waals surface area contributed by atoms with Gasteiger partial charge in [-0.05, 0) is 26.2 Å². The SMILES string of the molecule is CCC(C)CC(C)NC(=O)C(C)C#N. The van der Waals surface area contributed by atoms with E-state index >= 15 is 0 Å². The van der Waals surface area contributed by atoms with Crippen molar-refractivity contribution in [2.75, 3.05) is 0 Å². The van der Waals surface area contributed by atoms with E-state index in [1.807, 2.05) is 13.0 Å². The summed E-state index contributed by atoms with van der Waals surface area (Å²) in [6.07, 6.45) is 2.09. The molecule has 0 aliphatic carbocycles. The number of rotatable bonds is 5. The molecule has 0 heterocycles. The molecule has 0 aromatic carbocycles. The van der Waals surface area contributed by atoms with Crippen LogP contribution in [0.4, 0.5) is 0 Å². The third kappa shape index (κ3) is 4.86. The van der Waals surface area contributed by atoms with E-state index in [4.69, 9.17) is 5.26 Å². The summed E-state index contributed by atoms with van der Waals surface area (Å²) >= 11 is 0. The third-order valence-electron chi connectivity index (χ3n) is 2.43. The van der Waals surface area contributed by atoms with Gasteiger partial charge in [0.2, 0.25) is 5.91 Å². The van der Waals surface area contributed by atoms with Gasteiger partial charge in [-0.3, -0.25) is 4.79 Å². The van der Waals surface area contributed by atoms with Crippen molar-refractivity contribution < 1.29 is 4.79 Å². The Bertz CT molecular complexity index is 220. The molecule has 1 N–H and O–H groups in total. The van der Waals surface area contributed by atoms with Crippen molar-refractivity contribution in [3.05, 3.63) is 0 Å². The molecule has 0 spiro atoms. The minimum atomic E-state index is -0.547. The lowest BCUT2D eigenvalue weighted by atomic mass is 10.00. The standard InChI is InChI=1S/C11H20N2O/c1-5-8(2)6-10(4)13-11(14)9(3)7-12/h8-10H,5-6H2,1-4H3,(H,13,14). The molecule has 3 nitrogen and oxygen atoms in total. The average Bonchev–Trinajstić information content (AvgIpc) is 2.15. The average molecular weight is 196 g/mol. The maximum Gasteiger partial charge on any atom is 0.237 e. The minimum absolute atomic E-state index is 0.160. The second-order valence-corrected chi connectivity index (χ2v) is 4.01. The molecule has 1 amide bonds. The van der Waals surface area contributed by atoms with Crippen LogP contribution in [0.15, 0.2) is 0 Å². The Kier molecular flexibility index (Phi) is 5.94. The molecular weight excluding hydrogens is 176 g/mol. The molecule has 80 valence electrons. The lowest BCUT2D eigenvalue weighted by Crippen LogP contribution is -2.36. The van der Waals surface area contributed by atoms with Crippen LogP contribution in [0.2, 0.25) is 0 Å². The Balaban J connectivity index is 3.89. The summed E-state index contributed by atoms with van der Waals surface area (Å²) in [5, 5.41) is 11.4. The molecule has 0 aliphatic heterocycles. The summed E-state index contributed by atoms with van der Waals surface area (Å²) in [7, 11) is 0. The van der Waals surface area contributed by atoms with E-state index in [1.54, 1.807) is 6.92 Å². The zero-order valence-corrected chi connectivity index (χ0v) is 9.50. The molecular formula is C11H20N2O. The molecule has 0 rings (SSSR count). The lowest BCUT2D eigenvalue weighted by molar-refractivity contribution is -0.123. The number of nitrogens with one attached hydrogen (secondary N) is 1. The van der Waals surface area contributed by atoms with Crippen molar-refractivity contribution in [1.82, 2.24) is 5.32 Å². The van der Waals surface area contributed by atoms with Gasteiger partial charge in [0.25, 0.3) is 0 Å². The second-order valence-electron chi connectivity index (χ2n) is 4.01. The summed E-state index contributed by atoms with van der Waals surface area (Å²) in [4.78, 5) is 11.3. The highest BCUT2D eigenvalue weighted by molar-refractivity contribution is 5.80. The Hall–Kier alpha value is -1.04. The van der Waals surface area contributed by atoms with Gasteiger partial charge in [-0.1, -0.05) is 20.3 Å². The molecule has 3 heteroatoms. The Morgan fingerprint density at radius 1 is 1.43 bits per heavy atom. The molecule has 0 saturated carbocycles. The van der Waals surface area contributed by atoms with Crippen molar-refractivity contribution in [1.29, 1.82) is 5.26 Å². The number of nitrogens with zero attached hydrogens (tertiary/aromatic N) is 1. The van der Waals surface area contributed by atoms with Crippen LogP contribution in [0.3, 0.4) is 0 Å². The summed E-state index contributed by atoms with van der Waals surface area (Å²) < 4.78 is 0. The van der Waals surface area contributed by atoms with Crippen molar-refractivity contribution in [2.24, 2.45) is 11.8 Å². The van der Waals surface area contributed by atoms with Gasteiger partial charge in [-0.2, -0.15) is 5.26 Å². The predicted octanol–water partition coefficient (Wildman–Crippen LogP) is 2.09. The number of hydrogen-bond donors (Lipinski definition) is 1. The lowest BCUT2D eigenvalue weighted by Gasteiger charge is -2.17. The molecule has 0 aliphatic rings. The van der Waals surface area contributed by atoms with Gasteiger partial charge < -0.3 is 5.32 Å². The van der Waals surface area contributed by atoms with Crippen molar-refractivity contribution >= 4 is 5.91 Å². The maximum absolute atomic E-state index is 11.3. The molecule has 3 atom stereocenters. The highest BCUT2D eigenvalue weighted by Crippen LogP contribution is 2.09. The highest BCUT2D eigenvalue weighted by Gasteiger charge is 2.15. The summed E-state index contributed by atoms with van der Waals surface area (Å²) in [6.45, 7) is 7.90. The van der Waals surface area contributed by atoms with Crippen molar-refractivity contribution in [3.8, 4) is 6.07 Å². The number of amides is 1. The van der Waals surface area contributed by atoms with Crippen molar-refractivity contribution in [3.63, 3.8) is 0 Å². The Labute approximate surface area is 86.5 Å². The van der Waals surface area contributed by atoms with Gasteiger partial charge in [0.15, 0.2) is 0 Å². The monoisotopic (exact) mass is 196 g/mol. The first-order valence-corrected chi connectivity index (χ1v) is 5.21. The van der Waals surface area contributed by atoms with Crippen LogP contribution in [0.25, 0.3) is 0 Å².